The number of aromatic nitrogens is 2. The van der Waals surface area contributed by atoms with E-state index in [1.807, 2.05) is 12.3 Å². The number of carbonyl (C=O) groups excluding carboxylic acids is 1. The molecule has 0 unspecified atom stereocenters. The van der Waals surface area contributed by atoms with Gasteiger partial charge in [0.2, 0.25) is 0 Å². The minimum absolute atomic E-state index is 0.0282. The fourth-order valence-electron chi connectivity index (χ4n) is 3.09. The van der Waals surface area contributed by atoms with Gasteiger partial charge in [-0.2, -0.15) is 0 Å². The van der Waals surface area contributed by atoms with E-state index in [9.17, 15) is 9.90 Å². The number of ketones is 1. The summed E-state index contributed by atoms with van der Waals surface area (Å²) in [5.41, 5.74) is 3.62. The maximum absolute atomic E-state index is 12.6. The molecular weight excluding hydrogens is 312 g/mol. The summed E-state index contributed by atoms with van der Waals surface area (Å²) in [7, 11) is 0. The molecule has 0 amide bonds. The molecule has 4 nitrogen and oxygen atoms in total. The van der Waals surface area contributed by atoms with Crippen LogP contribution in [-0.2, 0) is 18.6 Å². The zero-order valence-electron chi connectivity index (χ0n) is 15.2. The summed E-state index contributed by atoms with van der Waals surface area (Å²) in [4.78, 5) is 17.0. The van der Waals surface area contributed by atoms with Crippen molar-refractivity contribution in [1.82, 2.24) is 9.55 Å². The van der Waals surface area contributed by atoms with Crippen molar-refractivity contribution in [1.29, 1.82) is 0 Å². The second-order valence-electron chi connectivity index (χ2n) is 7.03. The van der Waals surface area contributed by atoms with Gasteiger partial charge >= 0.3 is 0 Å². The molecule has 4 heteroatoms. The summed E-state index contributed by atoms with van der Waals surface area (Å²) in [6.07, 6.45) is 4.25. The summed E-state index contributed by atoms with van der Waals surface area (Å²) < 4.78 is 2.18. The van der Waals surface area contributed by atoms with Crippen LogP contribution in [0.1, 0.15) is 48.0 Å². The number of rotatable bonds is 5. The molecule has 0 saturated carbocycles. The standard InChI is InChI=1S/C21H24N2O2/c1-5-23-13-14(2)18-12-22-17(10-19(18)23)11-20(24)15-6-8-16(9-7-15)21(3,4)25/h6-10,12-13,25H,5,11H2,1-4H3. The summed E-state index contributed by atoms with van der Waals surface area (Å²) in [5, 5.41) is 11.1. The third kappa shape index (κ3) is 3.49. The minimum Gasteiger partial charge on any atom is -0.386 e. The molecule has 0 aliphatic rings. The number of aryl methyl sites for hydroxylation is 2. The Labute approximate surface area is 148 Å². The van der Waals surface area contributed by atoms with Gasteiger partial charge in [-0.3, -0.25) is 9.78 Å². The number of Topliss-reactive ketones (excluding diaryl/α,β-unsaturated/α-hetero) is 1. The van der Waals surface area contributed by atoms with Crippen LogP contribution in [0.5, 0.6) is 0 Å². The van der Waals surface area contributed by atoms with Crippen LogP contribution in [0.15, 0.2) is 42.7 Å². The van der Waals surface area contributed by atoms with Crippen molar-refractivity contribution in [2.24, 2.45) is 0 Å². The summed E-state index contributed by atoms with van der Waals surface area (Å²) in [5.74, 6) is 0.0282. The molecular formula is C21H24N2O2. The van der Waals surface area contributed by atoms with Gasteiger partial charge in [0.1, 0.15) is 0 Å². The minimum atomic E-state index is -0.905. The van der Waals surface area contributed by atoms with Crippen molar-refractivity contribution in [3.8, 4) is 0 Å². The van der Waals surface area contributed by atoms with Gasteiger partial charge in [-0.25, -0.2) is 0 Å². The molecule has 0 radical (unpaired) electrons. The molecule has 0 fully saturated rings. The molecule has 2 aromatic heterocycles. The number of carbonyl (C=O) groups is 1. The number of hydrogen-bond acceptors (Lipinski definition) is 3. The predicted molar refractivity (Wildman–Crippen MR) is 99.9 cm³/mol. The lowest BCUT2D eigenvalue weighted by Crippen LogP contribution is -2.15. The van der Waals surface area contributed by atoms with E-state index in [4.69, 9.17) is 0 Å². The number of aliphatic hydroxyl groups is 1. The molecule has 0 bridgehead atoms. The third-order valence-electron chi connectivity index (χ3n) is 4.62. The molecule has 3 rings (SSSR count). The Morgan fingerprint density at radius 1 is 1.24 bits per heavy atom. The van der Waals surface area contributed by atoms with E-state index >= 15 is 0 Å². The third-order valence-corrected chi connectivity index (χ3v) is 4.62. The highest BCUT2D eigenvalue weighted by Gasteiger charge is 2.17. The van der Waals surface area contributed by atoms with Crippen LogP contribution >= 0.6 is 0 Å². The second-order valence-corrected chi connectivity index (χ2v) is 7.03. The van der Waals surface area contributed by atoms with Gasteiger partial charge < -0.3 is 9.67 Å². The molecule has 0 saturated heterocycles. The predicted octanol–water partition coefficient (Wildman–Crippen LogP) is 4.02. The van der Waals surface area contributed by atoms with Gasteiger partial charge in [0.15, 0.2) is 5.78 Å². The molecule has 0 aliphatic carbocycles. The second kappa shape index (κ2) is 6.45. The van der Waals surface area contributed by atoms with Crippen LogP contribution in [0.3, 0.4) is 0 Å². The van der Waals surface area contributed by atoms with Gasteiger partial charge in [0.25, 0.3) is 0 Å². The maximum atomic E-state index is 12.6. The van der Waals surface area contributed by atoms with Crippen LogP contribution in [0, 0.1) is 6.92 Å². The van der Waals surface area contributed by atoms with Crippen molar-refractivity contribution in [2.75, 3.05) is 0 Å². The highest BCUT2D eigenvalue weighted by molar-refractivity contribution is 5.97. The number of benzene rings is 1. The van der Waals surface area contributed by atoms with E-state index in [1.165, 1.54) is 5.56 Å². The van der Waals surface area contributed by atoms with E-state index in [0.717, 1.165) is 28.7 Å². The van der Waals surface area contributed by atoms with E-state index in [0.29, 0.717) is 5.56 Å². The van der Waals surface area contributed by atoms with Gasteiger partial charge in [-0.05, 0) is 44.9 Å². The van der Waals surface area contributed by atoms with Crippen molar-refractivity contribution >= 4 is 16.7 Å². The molecule has 0 aliphatic heterocycles. The topological polar surface area (TPSA) is 55.1 Å². The number of nitrogens with zero attached hydrogens (tertiary/aromatic N) is 2. The number of pyridine rings is 1. The van der Waals surface area contributed by atoms with E-state index in [2.05, 4.69) is 29.6 Å². The van der Waals surface area contributed by atoms with Crippen LogP contribution in [0.2, 0.25) is 0 Å². The van der Waals surface area contributed by atoms with Crippen LogP contribution < -0.4 is 0 Å². The Kier molecular flexibility index (Phi) is 4.48. The monoisotopic (exact) mass is 336 g/mol. The van der Waals surface area contributed by atoms with E-state index in [-0.39, 0.29) is 12.2 Å². The lowest BCUT2D eigenvalue weighted by Gasteiger charge is -2.17. The first-order valence-electron chi connectivity index (χ1n) is 8.60. The van der Waals surface area contributed by atoms with E-state index in [1.54, 1.807) is 38.1 Å². The van der Waals surface area contributed by atoms with Gasteiger partial charge in [0.05, 0.1) is 23.2 Å². The molecule has 0 atom stereocenters. The van der Waals surface area contributed by atoms with Crippen LogP contribution in [0.4, 0.5) is 0 Å². The lowest BCUT2D eigenvalue weighted by atomic mass is 9.96. The first kappa shape index (κ1) is 17.4. The first-order chi connectivity index (χ1) is 11.8. The van der Waals surface area contributed by atoms with Crippen LogP contribution in [-0.4, -0.2) is 20.4 Å². The highest BCUT2D eigenvalue weighted by atomic mass is 16.3. The molecule has 3 aromatic rings. The Morgan fingerprint density at radius 3 is 2.52 bits per heavy atom. The Balaban J connectivity index is 1.84. The average Bonchev–Trinajstić information content (AvgIpc) is 2.90. The van der Waals surface area contributed by atoms with Crippen molar-refractivity contribution in [3.63, 3.8) is 0 Å². The normalized spacial score (nSPS) is 11.9. The first-order valence-corrected chi connectivity index (χ1v) is 8.60. The Morgan fingerprint density at radius 2 is 1.92 bits per heavy atom. The quantitative estimate of drug-likeness (QED) is 0.716. The zero-order chi connectivity index (χ0) is 18.2. The Hall–Kier alpha value is -2.46. The number of hydrogen-bond donors (Lipinski definition) is 1. The fourth-order valence-corrected chi connectivity index (χ4v) is 3.09. The van der Waals surface area contributed by atoms with Crippen molar-refractivity contribution < 1.29 is 9.90 Å². The van der Waals surface area contributed by atoms with Gasteiger partial charge in [-0.1, -0.05) is 24.3 Å². The molecule has 0 spiro atoms. The summed E-state index contributed by atoms with van der Waals surface area (Å²) in [6.45, 7) is 8.53. The fraction of sp³-hybridized carbons (Fsp3) is 0.333. The largest absolute Gasteiger partial charge is 0.386 e. The zero-order valence-corrected chi connectivity index (χ0v) is 15.2. The Bertz CT molecular complexity index is 915. The SMILES string of the molecule is CCn1cc(C)c2cnc(CC(=O)c3ccc(C(C)(C)O)cc3)cc21. The smallest absolute Gasteiger partial charge is 0.168 e. The molecule has 1 aromatic carbocycles. The van der Waals surface area contributed by atoms with Crippen molar-refractivity contribution in [2.45, 2.75) is 46.3 Å². The molecule has 130 valence electrons. The lowest BCUT2D eigenvalue weighted by molar-refractivity contribution is 0.0784. The average molecular weight is 336 g/mol. The maximum Gasteiger partial charge on any atom is 0.168 e. The number of fused-ring (bicyclic) bond motifs is 1. The van der Waals surface area contributed by atoms with E-state index < -0.39 is 5.60 Å². The molecule has 1 N–H and O–H groups in total. The summed E-state index contributed by atoms with van der Waals surface area (Å²) >= 11 is 0. The van der Waals surface area contributed by atoms with Crippen molar-refractivity contribution in [3.05, 3.63) is 65.1 Å². The van der Waals surface area contributed by atoms with Gasteiger partial charge in [-0.15, -0.1) is 0 Å². The van der Waals surface area contributed by atoms with Gasteiger partial charge in [0, 0.05) is 29.9 Å². The highest BCUT2D eigenvalue weighted by Crippen LogP contribution is 2.22. The van der Waals surface area contributed by atoms with Crippen LogP contribution in [0.25, 0.3) is 10.9 Å². The summed E-state index contributed by atoms with van der Waals surface area (Å²) in [6, 6.07) is 9.15. The molecule has 2 heterocycles. The molecule has 25 heavy (non-hydrogen) atoms.